The predicted octanol–water partition coefficient (Wildman–Crippen LogP) is 4.60. The fourth-order valence-electron chi connectivity index (χ4n) is 3.56. The summed E-state index contributed by atoms with van der Waals surface area (Å²) < 4.78 is 14.3. The standard InChI is InChI=1S/C23H25ClN2O4S/c1-5-21(23(28)29)31(30)16-8-6-15(7-9-16)14(3)25-22(27)20-12-17-18(24)10-13(2)11-19(17)26(20)4/h6-12,14,21H,5H2,1-4H3,(H,25,27)(H,28,29)/t14-,21?,31?/m1/s1. The van der Waals surface area contributed by atoms with Crippen LogP contribution in [-0.2, 0) is 22.6 Å². The van der Waals surface area contributed by atoms with Crippen molar-refractivity contribution in [3.8, 4) is 0 Å². The molecule has 0 saturated carbocycles. The van der Waals surface area contributed by atoms with Gasteiger partial charge < -0.3 is 15.0 Å². The zero-order valence-corrected chi connectivity index (χ0v) is 19.4. The number of halogens is 1. The van der Waals surface area contributed by atoms with E-state index in [1.54, 1.807) is 37.3 Å². The maximum Gasteiger partial charge on any atom is 0.319 e. The summed E-state index contributed by atoms with van der Waals surface area (Å²) in [4.78, 5) is 24.6. The molecule has 0 aliphatic rings. The van der Waals surface area contributed by atoms with Crippen LogP contribution in [0.2, 0.25) is 5.02 Å². The number of nitrogens with zero attached hydrogens (tertiary/aromatic N) is 1. The number of aromatic nitrogens is 1. The number of hydrogen-bond donors (Lipinski definition) is 2. The van der Waals surface area contributed by atoms with Crippen molar-refractivity contribution < 1.29 is 18.9 Å². The Morgan fingerprint density at radius 1 is 1.19 bits per heavy atom. The van der Waals surface area contributed by atoms with Crippen molar-refractivity contribution >= 4 is 45.2 Å². The van der Waals surface area contributed by atoms with Gasteiger partial charge in [-0.3, -0.25) is 13.8 Å². The van der Waals surface area contributed by atoms with Crippen LogP contribution in [0.4, 0.5) is 0 Å². The Kier molecular flexibility index (Phi) is 6.86. The van der Waals surface area contributed by atoms with Crippen LogP contribution in [0.15, 0.2) is 47.4 Å². The third-order valence-electron chi connectivity index (χ3n) is 5.35. The van der Waals surface area contributed by atoms with Crippen molar-refractivity contribution in [1.82, 2.24) is 9.88 Å². The van der Waals surface area contributed by atoms with Crippen LogP contribution in [0.5, 0.6) is 0 Å². The maximum atomic E-state index is 12.9. The van der Waals surface area contributed by atoms with Crippen LogP contribution >= 0.6 is 11.6 Å². The number of carboxylic acids is 1. The first-order chi connectivity index (χ1) is 14.6. The molecule has 3 aromatic rings. The first-order valence-electron chi connectivity index (χ1n) is 9.93. The Labute approximate surface area is 188 Å². The average Bonchev–Trinajstić information content (AvgIpc) is 3.05. The van der Waals surface area contributed by atoms with E-state index in [-0.39, 0.29) is 18.4 Å². The van der Waals surface area contributed by atoms with Crippen LogP contribution in [0.25, 0.3) is 10.9 Å². The summed E-state index contributed by atoms with van der Waals surface area (Å²) in [5.74, 6) is -1.31. The van der Waals surface area contributed by atoms with E-state index in [1.807, 2.05) is 37.6 Å². The normalized spacial score (nSPS) is 14.2. The van der Waals surface area contributed by atoms with Crippen molar-refractivity contribution in [3.05, 3.63) is 64.3 Å². The van der Waals surface area contributed by atoms with Gasteiger partial charge in [0.15, 0.2) is 0 Å². The van der Waals surface area contributed by atoms with Crippen LogP contribution in [0.1, 0.15) is 47.9 Å². The SMILES string of the molecule is CCC(C(=O)O)S(=O)c1ccc([C@@H](C)NC(=O)c2cc3c(Cl)cc(C)cc3n2C)cc1. The quantitative estimate of drug-likeness (QED) is 0.539. The zero-order valence-electron chi connectivity index (χ0n) is 17.8. The van der Waals surface area contributed by atoms with E-state index in [1.165, 1.54) is 0 Å². The zero-order chi connectivity index (χ0) is 22.9. The number of nitrogens with one attached hydrogen (secondary N) is 1. The summed E-state index contributed by atoms with van der Waals surface area (Å²) in [6.07, 6.45) is 0.282. The van der Waals surface area contributed by atoms with Gasteiger partial charge in [-0.1, -0.05) is 30.7 Å². The topological polar surface area (TPSA) is 88.4 Å². The molecule has 1 amide bonds. The number of aryl methyl sites for hydroxylation is 2. The highest BCUT2D eigenvalue weighted by atomic mass is 35.5. The second kappa shape index (κ2) is 9.24. The molecule has 0 aliphatic heterocycles. The lowest BCUT2D eigenvalue weighted by Crippen LogP contribution is -2.28. The van der Waals surface area contributed by atoms with Gasteiger partial charge in [-0.2, -0.15) is 0 Å². The monoisotopic (exact) mass is 460 g/mol. The van der Waals surface area contributed by atoms with Crippen molar-refractivity contribution in [3.63, 3.8) is 0 Å². The number of carbonyl (C=O) groups excluding carboxylic acids is 1. The lowest BCUT2D eigenvalue weighted by atomic mass is 10.1. The molecule has 0 spiro atoms. The number of carboxylic acid groups (broad SMARTS) is 1. The molecule has 0 aliphatic carbocycles. The molecule has 3 atom stereocenters. The van der Waals surface area contributed by atoms with Gasteiger partial charge in [0, 0.05) is 17.3 Å². The van der Waals surface area contributed by atoms with E-state index < -0.39 is 22.0 Å². The second-order valence-corrected chi connectivity index (χ2v) is 9.61. The summed E-state index contributed by atoms with van der Waals surface area (Å²) in [6, 6.07) is 12.2. The maximum absolute atomic E-state index is 12.9. The van der Waals surface area contributed by atoms with E-state index in [2.05, 4.69) is 5.32 Å². The van der Waals surface area contributed by atoms with Gasteiger partial charge in [-0.15, -0.1) is 0 Å². The molecular formula is C23H25ClN2O4S. The first-order valence-corrected chi connectivity index (χ1v) is 11.5. The molecule has 6 nitrogen and oxygen atoms in total. The fourth-order valence-corrected chi connectivity index (χ4v) is 5.11. The molecule has 164 valence electrons. The summed E-state index contributed by atoms with van der Waals surface area (Å²) in [5.41, 5.74) is 3.23. The van der Waals surface area contributed by atoms with Gasteiger partial charge in [0.1, 0.15) is 10.9 Å². The number of amides is 1. The highest BCUT2D eigenvalue weighted by Crippen LogP contribution is 2.28. The highest BCUT2D eigenvalue weighted by molar-refractivity contribution is 7.86. The van der Waals surface area contributed by atoms with Gasteiger partial charge in [0.05, 0.1) is 27.4 Å². The van der Waals surface area contributed by atoms with Gasteiger partial charge in [0.2, 0.25) is 0 Å². The van der Waals surface area contributed by atoms with Gasteiger partial charge in [-0.25, -0.2) is 0 Å². The van der Waals surface area contributed by atoms with Crippen LogP contribution in [0, 0.1) is 6.92 Å². The highest BCUT2D eigenvalue weighted by Gasteiger charge is 2.24. The molecule has 0 fully saturated rings. The molecule has 2 unspecified atom stereocenters. The van der Waals surface area contributed by atoms with E-state index >= 15 is 0 Å². The summed E-state index contributed by atoms with van der Waals surface area (Å²) in [6.45, 7) is 5.51. The molecule has 2 N–H and O–H groups in total. The van der Waals surface area contributed by atoms with Crippen LogP contribution in [0.3, 0.4) is 0 Å². The minimum Gasteiger partial charge on any atom is -0.480 e. The molecule has 2 aromatic carbocycles. The van der Waals surface area contributed by atoms with Crippen molar-refractivity contribution in [2.45, 2.75) is 43.4 Å². The van der Waals surface area contributed by atoms with E-state index in [0.717, 1.165) is 22.0 Å². The van der Waals surface area contributed by atoms with Crippen molar-refractivity contribution in [2.24, 2.45) is 7.05 Å². The molecule has 1 aromatic heterocycles. The smallest absolute Gasteiger partial charge is 0.319 e. The van der Waals surface area contributed by atoms with E-state index in [0.29, 0.717) is 15.6 Å². The van der Waals surface area contributed by atoms with E-state index in [9.17, 15) is 18.9 Å². The molecule has 1 heterocycles. The molecule has 3 rings (SSSR count). The Morgan fingerprint density at radius 2 is 1.84 bits per heavy atom. The average molecular weight is 461 g/mol. The Hall–Kier alpha value is -2.64. The van der Waals surface area contributed by atoms with Crippen molar-refractivity contribution in [1.29, 1.82) is 0 Å². The minimum absolute atomic E-state index is 0.232. The lowest BCUT2D eigenvalue weighted by molar-refractivity contribution is -0.136. The third-order valence-corrected chi connectivity index (χ3v) is 7.45. The summed E-state index contributed by atoms with van der Waals surface area (Å²) >= 11 is 6.34. The van der Waals surface area contributed by atoms with Crippen LogP contribution < -0.4 is 5.32 Å². The fraction of sp³-hybridized carbons (Fsp3) is 0.304. The summed E-state index contributed by atoms with van der Waals surface area (Å²) in [7, 11) is 0.195. The number of aliphatic carboxylic acids is 1. The van der Waals surface area contributed by atoms with Gasteiger partial charge in [-0.05, 0) is 61.7 Å². The largest absolute Gasteiger partial charge is 0.480 e. The van der Waals surface area contributed by atoms with Gasteiger partial charge in [0.25, 0.3) is 5.91 Å². The molecule has 0 bridgehead atoms. The van der Waals surface area contributed by atoms with E-state index in [4.69, 9.17) is 11.6 Å². The molecule has 0 radical (unpaired) electrons. The number of rotatable bonds is 7. The third kappa shape index (κ3) is 4.67. The number of hydrogen-bond acceptors (Lipinski definition) is 3. The Morgan fingerprint density at radius 3 is 2.42 bits per heavy atom. The van der Waals surface area contributed by atoms with Gasteiger partial charge >= 0.3 is 5.97 Å². The first kappa shape index (κ1) is 23.0. The predicted molar refractivity (Wildman–Crippen MR) is 123 cm³/mol. The molecule has 8 heteroatoms. The Bertz CT molecular complexity index is 1170. The number of carbonyl (C=O) groups is 2. The molecular weight excluding hydrogens is 436 g/mol. The minimum atomic E-state index is -1.63. The summed E-state index contributed by atoms with van der Waals surface area (Å²) in [5, 5.41) is 12.7. The van der Waals surface area contributed by atoms with Crippen LogP contribution in [-0.4, -0.2) is 31.0 Å². The number of benzene rings is 2. The Balaban J connectivity index is 1.78. The lowest BCUT2D eigenvalue weighted by Gasteiger charge is -2.16. The molecule has 0 saturated heterocycles. The van der Waals surface area contributed by atoms with Crippen molar-refractivity contribution in [2.75, 3.05) is 0 Å². The second-order valence-electron chi connectivity index (χ2n) is 7.56. The number of fused-ring (bicyclic) bond motifs is 1. The molecule has 31 heavy (non-hydrogen) atoms.